The topological polar surface area (TPSA) is 65.9 Å². The minimum Gasteiger partial charge on any atom is -0.489 e. The Kier molecular flexibility index (Phi) is 2.92. The summed E-state index contributed by atoms with van der Waals surface area (Å²) in [5.74, 6) is 0.351. The van der Waals surface area contributed by atoms with E-state index in [1.807, 2.05) is 19.9 Å². The van der Waals surface area contributed by atoms with Gasteiger partial charge in [0, 0.05) is 11.8 Å². The zero-order chi connectivity index (χ0) is 10.7. The van der Waals surface area contributed by atoms with Crippen molar-refractivity contribution in [3.8, 4) is 11.8 Å². The second-order valence-corrected chi connectivity index (χ2v) is 3.30. The van der Waals surface area contributed by atoms with Gasteiger partial charge in [-0.2, -0.15) is 5.26 Å². The fourth-order valence-electron chi connectivity index (χ4n) is 1.11. The van der Waals surface area contributed by atoms with Crippen molar-refractivity contribution in [2.75, 3.05) is 0 Å². The quantitative estimate of drug-likeness (QED) is 0.768. The number of nitrogens with zero attached hydrogens (tertiary/aromatic N) is 1. The van der Waals surface area contributed by atoms with Gasteiger partial charge in [0.2, 0.25) is 0 Å². The summed E-state index contributed by atoms with van der Waals surface area (Å²) in [6.07, 6.45) is -0.0525. The summed E-state index contributed by atoms with van der Waals surface area (Å²) >= 11 is 0. The van der Waals surface area contributed by atoms with Gasteiger partial charge in [-0.25, -0.2) is 0 Å². The third kappa shape index (κ3) is 2.13. The highest BCUT2D eigenvalue weighted by molar-refractivity contribution is 5.41. The van der Waals surface area contributed by atoms with Crippen LogP contribution in [0.4, 0.5) is 0 Å². The molecule has 0 bridgehead atoms. The first kappa shape index (κ1) is 10.3. The minimum absolute atomic E-state index is 0.0318. The van der Waals surface area contributed by atoms with Gasteiger partial charge in [-0.1, -0.05) is 0 Å². The average Bonchev–Trinajstić information content (AvgIpc) is 2.01. The van der Waals surface area contributed by atoms with Gasteiger partial charge in [-0.15, -0.1) is 0 Å². The van der Waals surface area contributed by atoms with Gasteiger partial charge in [0.05, 0.1) is 6.10 Å². The molecule has 0 saturated carbocycles. The Morgan fingerprint density at radius 1 is 1.57 bits per heavy atom. The van der Waals surface area contributed by atoms with Crippen molar-refractivity contribution in [3.05, 3.63) is 27.7 Å². The molecule has 0 radical (unpaired) electrons. The Hall–Kier alpha value is -1.76. The number of hydrogen-bond acceptors (Lipinski definition) is 3. The number of aromatic nitrogens is 1. The van der Waals surface area contributed by atoms with Gasteiger partial charge in [-0.05, 0) is 20.8 Å². The Labute approximate surface area is 82.1 Å². The number of nitrogens with one attached hydrogen (secondary N) is 1. The van der Waals surface area contributed by atoms with Crippen LogP contribution in [0.3, 0.4) is 0 Å². The maximum Gasteiger partial charge on any atom is 0.269 e. The molecule has 4 heteroatoms. The summed E-state index contributed by atoms with van der Waals surface area (Å²) in [4.78, 5) is 13.9. The van der Waals surface area contributed by atoms with E-state index < -0.39 is 5.56 Å². The van der Waals surface area contributed by atoms with Gasteiger partial charge in [0.1, 0.15) is 11.8 Å². The first-order valence-corrected chi connectivity index (χ1v) is 4.35. The van der Waals surface area contributed by atoms with Crippen LogP contribution in [0.25, 0.3) is 0 Å². The molecule has 0 amide bonds. The number of aromatic amines is 1. The van der Waals surface area contributed by atoms with E-state index in [1.54, 1.807) is 13.0 Å². The zero-order valence-electron chi connectivity index (χ0n) is 8.42. The Bertz CT molecular complexity index is 427. The molecule has 0 aliphatic rings. The van der Waals surface area contributed by atoms with Gasteiger partial charge in [0.15, 0.2) is 5.56 Å². The molecule has 0 saturated heterocycles. The van der Waals surface area contributed by atoms with E-state index in [1.165, 1.54) is 0 Å². The standard InChI is InChI=1S/C10H12N2O2/c1-6(2)14-9-4-7(3)12-10(13)8(9)5-11/h4,6H,1-3H3,(H,12,13). The average molecular weight is 192 g/mol. The third-order valence-corrected chi connectivity index (χ3v) is 1.61. The highest BCUT2D eigenvalue weighted by Gasteiger charge is 2.09. The predicted molar refractivity (Wildman–Crippen MR) is 52.3 cm³/mol. The molecule has 1 rings (SSSR count). The number of nitriles is 1. The fraction of sp³-hybridized carbons (Fsp3) is 0.400. The Morgan fingerprint density at radius 2 is 2.21 bits per heavy atom. The maximum atomic E-state index is 11.3. The minimum atomic E-state index is -0.400. The molecule has 74 valence electrons. The molecule has 0 atom stereocenters. The van der Waals surface area contributed by atoms with Crippen LogP contribution in [0.15, 0.2) is 10.9 Å². The molecule has 14 heavy (non-hydrogen) atoms. The third-order valence-electron chi connectivity index (χ3n) is 1.61. The van der Waals surface area contributed by atoms with Gasteiger partial charge >= 0.3 is 0 Å². The van der Waals surface area contributed by atoms with Gasteiger partial charge in [-0.3, -0.25) is 4.79 Å². The number of pyridine rings is 1. The molecular weight excluding hydrogens is 180 g/mol. The van der Waals surface area contributed by atoms with Crippen molar-refractivity contribution in [1.29, 1.82) is 5.26 Å². The van der Waals surface area contributed by atoms with E-state index in [0.717, 1.165) is 0 Å². The highest BCUT2D eigenvalue weighted by Crippen LogP contribution is 2.15. The molecule has 0 unspecified atom stereocenters. The molecule has 0 spiro atoms. The van der Waals surface area contributed by atoms with Crippen LogP contribution >= 0.6 is 0 Å². The summed E-state index contributed by atoms with van der Waals surface area (Å²) in [6, 6.07) is 3.48. The van der Waals surface area contributed by atoms with Crippen LogP contribution in [-0.2, 0) is 0 Å². The van der Waals surface area contributed by atoms with Crippen molar-refractivity contribution >= 4 is 0 Å². The number of aryl methyl sites for hydroxylation is 1. The largest absolute Gasteiger partial charge is 0.489 e. The van der Waals surface area contributed by atoms with Gasteiger partial charge in [0.25, 0.3) is 5.56 Å². The summed E-state index contributed by atoms with van der Waals surface area (Å²) in [6.45, 7) is 5.44. The smallest absolute Gasteiger partial charge is 0.269 e. The van der Waals surface area contributed by atoms with Gasteiger partial charge < -0.3 is 9.72 Å². The Balaban J connectivity index is 3.27. The van der Waals surface area contributed by atoms with E-state index in [4.69, 9.17) is 10.00 Å². The number of hydrogen-bond donors (Lipinski definition) is 1. The molecule has 1 aromatic rings. The molecular formula is C10H12N2O2. The van der Waals surface area contributed by atoms with E-state index in [2.05, 4.69) is 4.98 Å². The second-order valence-electron chi connectivity index (χ2n) is 3.30. The summed E-state index contributed by atoms with van der Waals surface area (Å²) < 4.78 is 5.36. The molecule has 1 N–H and O–H groups in total. The van der Waals surface area contributed by atoms with E-state index in [0.29, 0.717) is 11.4 Å². The maximum absolute atomic E-state index is 11.3. The monoisotopic (exact) mass is 192 g/mol. The molecule has 0 fully saturated rings. The number of ether oxygens (including phenoxy) is 1. The molecule has 1 heterocycles. The number of rotatable bonds is 2. The van der Waals surface area contributed by atoms with Crippen LogP contribution in [0, 0.1) is 18.3 Å². The van der Waals surface area contributed by atoms with Crippen molar-refractivity contribution in [3.63, 3.8) is 0 Å². The van der Waals surface area contributed by atoms with Crippen molar-refractivity contribution in [2.24, 2.45) is 0 Å². The lowest BCUT2D eigenvalue weighted by Crippen LogP contribution is -2.16. The summed E-state index contributed by atoms with van der Waals surface area (Å²) in [7, 11) is 0. The first-order valence-electron chi connectivity index (χ1n) is 4.35. The normalized spacial score (nSPS) is 9.93. The van der Waals surface area contributed by atoms with Crippen LogP contribution in [0.1, 0.15) is 25.1 Å². The predicted octanol–water partition coefficient (Wildman–Crippen LogP) is 1.34. The lowest BCUT2D eigenvalue weighted by molar-refractivity contribution is 0.241. The molecule has 1 aromatic heterocycles. The molecule has 0 aliphatic heterocycles. The SMILES string of the molecule is Cc1cc(OC(C)C)c(C#N)c(=O)[nH]1. The lowest BCUT2D eigenvalue weighted by atomic mass is 10.2. The fourth-order valence-corrected chi connectivity index (χ4v) is 1.11. The van der Waals surface area contributed by atoms with E-state index >= 15 is 0 Å². The number of H-pyrrole nitrogens is 1. The first-order chi connectivity index (χ1) is 6.54. The molecule has 0 aromatic carbocycles. The van der Waals surface area contributed by atoms with Crippen LogP contribution in [-0.4, -0.2) is 11.1 Å². The van der Waals surface area contributed by atoms with Crippen LogP contribution in [0.2, 0.25) is 0 Å². The van der Waals surface area contributed by atoms with E-state index in [9.17, 15) is 4.79 Å². The summed E-state index contributed by atoms with van der Waals surface area (Å²) in [5.41, 5.74) is 0.317. The Morgan fingerprint density at radius 3 is 2.71 bits per heavy atom. The van der Waals surface area contributed by atoms with Crippen LogP contribution in [0.5, 0.6) is 5.75 Å². The van der Waals surface area contributed by atoms with Crippen molar-refractivity contribution in [1.82, 2.24) is 4.98 Å². The second kappa shape index (κ2) is 3.97. The summed E-state index contributed by atoms with van der Waals surface area (Å²) in [5, 5.41) is 8.75. The molecule has 4 nitrogen and oxygen atoms in total. The van der Waals surface area contributed by atoms with E-state index in [-0.39, 0.29) is 11.7 Å². The lowest BCUT2D eigenvalue weighted by Gasteiger charge is -2.10. The highest BCUT2D eigenvalue weighted by atomic mass is 16.5. The van der Waals surface area contributed by atoms with Crippen molar-refractivity contribution < 1.29 is 4.74 Å². The van der Waals surface area contributed by atoms with Crippen LogP contribution < -0.4 is 10.3 Å². The zero-order valence-corrected chi connectivity index (χ0v) is 8.42. The molecule has 0 aliphatic carbocycles. The van der Waals surface area contributed by atoms with Crippen molar-refractivity contribution in [2.45, 2.75) is 26.9 Å².